The van der Waals surface area contributed by atoms with E-state index in [9.17, 15) is 35.9 Å². The molecule has 6 atom stereocenters. The number of amides is 1. The lowest BCUT2D eigenvalue weighted by Gasteiger charge is -2.43. The van der Waals surface area contributed by atoms with E-state index in [1.54, 1.807) is 6.07 Å². The van der Waals surface area contributed by atoms with Gasteiger partial charge in [0.25, 0.3) is 0 Å². The molecule has 2 aliphatic heterocycles. The number of carbonyl (C=O) groups is 2. The number of benzene rings is 2. The zero-order chi connectivity index (χ0) is 38.9. The summed E-state index contributed by atoms with van der Waals surface area (Å²) in [5.41, 5.74) is 4.08. The number of aromatic nitrogens is 1. The number of ketones is 1. The Morgan fingerprint density at radius 1 is 0.887 bits per heavy atom. The van der Waals surface area contributed by atoms with Crippen molar-refractivity contribution >= 4 is 28.5 Å². The number of anilines is 1. The summed E-state index contributed by atoms with van der Waals surface area (Å²) in [5, 5.41) is 4.18. The zero-order valence-electron chi connectivity index (χ0n) is 30.9. The summed E-state index contributed by atoms with van der Waals surface area (Å²) in [6.07, 6.45) is -4.37. The Hall–Kier alpha value is -3.78. The second kappa shape index (κ2) is 15.9. The molecule has 0 spiro atoms. The SMILES string of the molecule is C[C@H]1CC(=O)C[C@H]2CCN(C(=O)OC(C)(C)C)C[C@@H]21.C[C@H]1c2c([nH]c3ccc(C(F)(F)F)cc23)C[C@H]2CCNC[C@@H]21.NNc1ccc(C(F)(F)F)cc1. The first-order valence-corrected chi connectivity index (χ1v) is 18.3. The number of likely N-dealkylation sites (tertiary alicyclic amines) is 1. The van der Waals surface area contributed by atoms with Gasteiger partial charge in [0.2, 0.25) is 0 Å². The van der Waals surface area contributed by atoms with E-state index in [0.29, 0.717) is 59.8 Å². The largest absolute Gasteiger partial charge is 0.444 e. The molecule has 0 bridgehead atoms. The predicted molar refractivity (Wildman–Crippen MR) is 192 cm³/mol. The van der Waals surface area contributed by atoms with Crippen molar-refractivity contribution in [3.63, 3.8) is 0 Å². The number of fused-ring (bicyclic) bond motifs is 5. The Morgan fingerprint density at radius 3 is 2.15 bits per heavy atom. The van der Waals surface area contributed by atoms with E-state index in [-0.39, 0.29) is 6.09 Å². The summed E-state index contributed by atoms with van der Waals surface area (Å²) >= 11 is 0. The first kappa shape index (κ1) is 40.4. The van der Waals surface area contributed by atoms with Crippen LogP contribution in [0.4, 0.5) is 36.8 Å². The highest BCUT2D eigenvalue weighted by Gasteiger charge is 2.41. The van der Waals surface area contributed by atoms with Crippen LogP contribution in [0.2, 0.25) is 0 Å². The van der Waals surface area contributed by atoms with Crippen LogP contribution >= 0.6 is 0 Å². The third kappa shape index (κ3) is 9.86. The van der Waals surface area contributed by atoms with Gasteiger partial charge in [-0.1, -0.05) is 13.8 Å². The molecule has 53 heavy (non-hydrogen) atoms. The van der Waals surface area contributed by atoms with Gasteiger partial charge in [-0.2, -0.15) is 26.3 Å². The highest BCUT2D eigenvalue weighted by molar-refractivity contribution is 5.86. The Morgan fingerprint density at radius 2 is 1.53 bits per heavy atom. The van der Waals surface area contributed by atoms with Crippen molar-refractivity contribution in [3.8, 4) is 0 Å². The molecule has 14 heteroatoms. The quantitative estimate of drug-likeness (QED) is 0.112. The maximum absolute atomic E-state index is 13.0. The highest BCUT2D eigenvalue weighted by Crippen LogP contribution is 2.46. The number of nitrogens with one attached hydrogen (secondary N) is 3. The minimum atomic E-state index is -4.29. The van der Waals surface area contributed by atoms with Gasteiger partial charge in [-0.15, -0.1) is 0 Å². The molecule has 0 unspecified atom stereocenters. The van der Waals surface area contributed by atoms with Crippen molar-refractivity contribution in [3.05, 3.63) is 64.8 Å². The summed E-state index contributed by atoms with van der Waals surface area (Å²) in [7, 11) is 0. The monoisotopic (exact) mass is 751 g/mol. The molecule has 1 saturated carbocycles. The molecule has 3 aromatic rings. The number of ether oxygens (including phenoxy) is 1. The number of nitrogens with two attached hydrogens (primary N) is 1. The van der Waals surface area contributed by atoms with E-state index < -0.39 is 29.1 Å². The fourth-order valence-electron chi connectivity index (χ4n) is 8.44. The Balaban J connectivity index is 0.000000160. The number of carbonyl (C=O) groups excluding carboxylic acids is 2. The van der Waals surface area contributed by atoms with Gasteiger partial charge in [0.05, 0.1) is 11.1 Å². The summed E-state index contributed by atoms with van der Waals surface area (Å²) in [6.45, 7) is 13.4. The van der Waals surface area contributed by atoms with Gasteiger partial charge < -0.3 is 25.4 Å². The smallest absolute Gasteiger partial charge is 0.416 e. The maximum atomic E-state index is 13.0. The van der Waals surface area contributed by atoms with Crippen LogP contribution in [-0.2, 0) is 28.3 Å². The number of piperidine rings is 2. The lowest BCUT2D eigenvalue weighted by Crippen LogP contribution is -2.49. The number of Topliss-reactive ketones (excluding diaryl/α,β-unsaturated/α-hetero) is 1. The van der Waals surface area contributed by atoms with Gasteiger partial charge in [-0.25, -0.2) is 4.79 Å². The van der Waals surface area contributed by atoms with Crippen LogP contribution in [0, 0.1) is 29.6 Å². The third-order valence-corrected chi connectivity index (χ3v) is 11.1. The number of hydrogen-bond donors (Lipinski definition) is 4. The molecular weight excluding hydrogens is 700 g/mol. The summed E-state index contributed by atoms with van der Waals surface area (Å²) < 4.78 is 80.3. The topological polar surface area (TPSA) is 112 Å². The summed E-state index contributed by atoms with van der Waals surface area (Å²) in [4.78, 5) is 28.9. The van der Waals surface area contributed by atoms with Crippen LogP contribution in [0.15, 0.2) is 42.5 Å². The summed E-state index contributed by atoms with van der Waals surface area (Å²) in [5.74, 6) is 8.13. The van der Waals surface area contributed by atoms with Crippen molar-refractivity contribution in [2.24, 2.45) is 35.4 Å². The molecule has 7 rings (SSSR count). The number of aromatic amines is 1. The Bertz CT molecular complexity index is 1730. The van der Waals surface area contributed by atoms with Crippen molar-refractivity contribution in [1.29, 1.82) is 0 Å². The predicted octanol–water partition coefficient (Wildman–Crippen LogP) is 8.92. The number of H-pyrrole nitrogens is 1. The molecule has 1 amide bonds. The van der Waals surface area contributed by atoms with E-state index in [1.165, 1.54) is 24.3 Å². The molecule has 3 heterocycles. The maximum Gasteiger partial charge on any atom is 0.416 e. The van der Waals surface area contributed by atoms with E-state index in [2.05, 4.69) is 29.6 Å². The van der Waals surface area contributed by atoms with E-state index in [1.807, 2.05) is 25.7 Å². The second-order valence-corrected chi connectivity index (χ2v) is 16.0. The number of hydrazine groups is 1. The van der Waals surface area contributed by atoms with Crippen molar-refractivity contribution in [2.75, 3.05) is 31.6 Å². The van der Waals surface area contributed by atoms with Crippen molar-refractivity contribution in [2.45, 2.75) is 90.6 Å². The molecule has 2 saturated heterocycles. The van der Waals surface area contributed by atoms with Gasteiger partial charge >= 0.3 is 18.4 Å². The second-order valence-electron chi connectivity index (χ2n) is 16.0. The van der Waals surface area contributed by atoms with Gasteiger partial charge in [-0.05, 0) is 137 Å². The number of hydrogen-bond acceptors (Lipinski definition) is 6. The standard InChI is InChI=1S/C17H19F3N2.C15H25NO3.C7H7F3N2/c1-9-13-8-21-5-4-10(13)6-15-16(9)12-7-11(17(18,19)20)2-3-14(12)22-15;1-10-7-12(17)8-11-5-6-16(9-13(10)11)14(18)19-15(2,3)4;8-7(9,10)5-1-3-6(12-11)4-2-5/h2-3,7,9-10,13,21-22H,4-6,8H2,1H3;10-11,13H,5-9H2,1-4H3;1-4,12H,11H2/t9-,10-,13-;10-,11+,13+;/m10./s1. The number of alkyl halides is 6. The van der Waals surface area contributed by atoms with Gasteiger partial charge in [0.15, 0.2) is 0 Å². The van der Waals surface area contributed by atoms with E-state index >= 15 is 0 Å². The molecule has 5 N–H and O–H groups in total. The average Bonchev–Trinajstić information content (AvgIpc) is 3.45. The fraction of sp³-hybridized carbons (Fsp3) is 0.590. The zero-order valence-corrected chi connectivity index (χ0v) is 30.9. The molecule has 4 aliphatic rings. The van der Waals surface area contributed by atoms with Crippen molar-refractivity contribution < 1.29 is 40.7 Å². The first-order chi connectivity index (χ1) is 24.7. The van der Waals surface area contributed by atoms with Crippen LogP contribution in [0.1, 0.15) is 88.6 Å². The third-order valence-electron chi connectivity index (χ3n) is 11.1. The van der Waals surface area contributed by atoms with Gasteiger partial charge in [0, 0.05) is 48.2 Å². The normalized spacial score (nSPS) is 25.8. The number of nitrogens with zero attached hydrogens (tertiary/aromatic N) is 1. The van der Waals surface area contributed by atoms with Crippen LogP contribution < -0.4 is 16.6 Å². The molecule has 2 aliphatic carbocycles. The van der Waals surface area contributed by atoms with Crippen LogP contribution in [0.5, 0.6) is 0 Å². The fourth-order valence-corrected chi connectivity index (χ4v) is 8.44. The lowest BCUT2D eigenvalue weighted by molar-refractivity contribution is -0.138. The van der Waals surface area contributed by atoms with Crippen LogP contribution in [0.3, 0.4) is 0 Å². The molecule has 0 radical (unpaired) electrons. The van der Waals surface area contributed by atoms with Crippen LogP contribution in [0.25, 0.3) is 10.9 Å². The number of rotatable bonds is 1. The molecule has 1 aromatic heterocycles. The average molecular weight is 752 g/mol. The minimum Gasteiger partial charge on any atom is -0.444 e. The summed E-state index contributed by atoms with van der Waals surface area (Å²) in [6, 6.07) is 8.53. The molecule has 2 aromatic carbocycles. The van der Waals surface area contributed by atoms with E-state index in [4.69, 9.17) is 10.6 Å². The molecule has 8 nitrogen and oxygen atoms in total. The van der Waals surface area contributed by atoms with Gasteiger partial charge in [-0.3, -0.25) is 10.6 Å². The Kier molecular flexibility index (Phi) is 12.1. The number of nitrogen functional groups attached to an aromatic ring is 1. The van der Waals surface area contributed by atoms with E-state index in [0.717, 1.165) is 79.7 Å². The Labute approximate surface area is 306 Å². The lowest BCUT2D eigenvalue weighted by atomic mass is 9.68. The van der Waals surface area contributed by atoms with Crippen molar-refractivity contribution in [1.82, 2.24) is 15.2 Å². The minimum absolute atomic E-state index is 0.213. The number of halogens is 6. The van der Waals surface area contributed by atoms with Crippen LogP contribution in [-0.4, -0.2) is 53.5 Å². The molecule has 3 fully saturated rings. The highest BCUT2D eigenvalue weighted by atomic mass is 19.4. The molecular formula is C39H51F6N5O3. The first-order valence-electron chi connectivity index (χ1n) is 18.3. The van der Waals surface area contributed by atoms with Gasteiger partial charge in [0.1, 0.15) is 11.4 Å². The molecule has 292 valence electrons.